The van der Waals surface area contributed by atoms with Crippen LogP contribution in [0.3, 0.4) is 0 Å². The van der Waals surface area contributed by atoms with Crippen LogP contribution in [0.4, 0.5) is 10.1 Å². The molecule has 5 nitrogen and oxygen atoms in total. The van der Waals surface area contributed by atoms with Crippen LogP contribution < -0.4 is 5.32 Å². The van der Waals surface area contributed by atoms with Crippen molar-refractivity contribution in [3.63, 3.8) is 0 Å². The highest BCUT2D eigenvalue weighted by atomic mass is 19.1. The van der Waals surface area contributed by atoms with E-state index in [1.807, 2.05) is 0 Å². The molecule has 1 aromatic rings. The van der Waals surface area contributed by atoms with Crippen molar-refractivity contribution in [3.05, 3.63) is 30.1 Å². The molecule has 148 valence electrons. The molecule has 0 spiro atoms. The highest BCUT2D eigenvalue weighted by molar-refractivity contribution is 6.06. The molecule has 3 saturated carbocycles. The lowest BCUT2D eigenvalue weighted by Crippen LogP contribution is -2.44. The number of hydrogen-bond acceptors (Lipinski definition) is 3. The molecule has 28 heavy (non-hydrogen) atoms. The SMILES string of the molecule is O=C(Nc1ccc(F)cc1)C1CCC(N2C(=O)[C@H]3[C@@H]4CC[C@H](C4)[C@@H]3C2=O)CC1. The number of rotatable bonds is 3. The molecular formula is C22H25FN2O3. The summed E-state index contributed by atoms with van der Waals surface area (Å²) in [6, 6.07) is 5.68. The van der Waals surface area contributed by atoms with Crippen molar-refractivity contribution in [1.29, 1.82) is 0 Å². The van der Waals surface area contributed by atoms with Crippen molar-refractivity contribution in [3.8, 4) is 0 Å². The van der Waals surface area contributed by atoms with Gasteiger partial charge in [-0.25, -0.2) is 4.39 Å². The third-order valence-corrected chi connectivity index (χ3v) is 7.51. The molecular weight excluding hydrogens is 359 g/mol. The fraction of sp³-hybridized carbons (Fsp3) is 0.591. The molecule has 4 aliphatic rings. The molecule has 1 N–H and O–H groups in total. The van der Waals surface area contributed by atoms with E-state index in [4.69, 9.17) is 0 Å². The Morgan fingerprint density at radius 2 is 1.46 bits per heavy atom. The van der Waals surface area contributed by atoms with E-state index in [9.17, 15) is 18.8 Å². The summed E-state index contributed by atoms with van der Waals surface area (Å²) in [7, 11) is 0. The Morgan fingerprint density at radius 1 is 0.893 bits per heavy atom. The lowest BCUT2D eigenvalue weighted by molar-refractivity contribution is -0.144. The quantitative estimate of drug-likeness (QED) is 0.813. The zero-order valence-electron chi connectivity index (χ0n) is 15.8. The summed E-state index contributed by atoms with van der Waals surface area (Å²) in [6.45, 7) is 0. The van der Waals surface area contributed by atoms with Gasteiger partial charge in [0.05, 0.1) is 11.8 Å². The van der Waals surface area contributed by atoms with Crippen molar-refractivity contribution in [1.82, 2.24) is 4.90 Å². The lowest BCUT2D eigenvalue weighted by atomic mass is 9.81. The Balaban J connectivity index is 1.20. The Kier molecular flexibility index (Phi) is 4.25. The molecule has 2 bridgehead atoms. The van der Waals surface area contributed by atoms with E-state index in [-0.39, 0.29) is 47.3 Å². The summed E-state index contributed by atoms with van der Waals surface area (Å²) in [5.41, 5.74) is 0.585. The van der Waals surface area contributed by atoms with Crippen molar-refractivity contribution in [2.24, 2.45) is 29.6 Å². The molecule has 1 aromatic carbocycles. The number of fused-ring (bicyclic) bond motifs is 5. The maximum absolute atomic E-state index is 13.0. The summed E-state index contributed by atoms with van der Waals surface area (Å²) in [6.07, 6.45) is 5.94. The van der Waals surface area contributed by atoms with Gasteiger partial charge in [0.15, 0.2) is 0 Å². The van der Waals surface area contributed by atoms with Gasteiger partial charge >= 0.3 is 0 Å². The summed E-state index contributed by atoms with van der Waals surface area (Å²) in [4.78, 5) is 40.0. The van der Waals surface area contributed by atoms with Gasteiger partial charge in [-0.1, -0.05) is 0 Å². The highest BCUT2D eigenvalue weighted by Gasteiger charge is 2.61. The topological polar surface area (TPSA) is 66.5 Å². The zero-order chi connectivity index (χ0) is 19.4. The second-order valence-electron chi connectivity index (χ2n) is 8.93. The standard InChI is InChI=1S/C22H25FN2O3/c23-15-5-7-16(8-6-15)24-20(26)12-3-9-17(10-4-12)25-21(27)18-13-1-2-14(11-13)19(18)22(25)28/h5-8,12-14,17-19H,1-4,9-11H2,(H,24,26)/t12?,13-,14-,17?,18+,19+/m1/s1. The van der Waals surface area contributed by atoms with Crippen LogP contribution in [-0.2, 0) is 14.4 Å². The van der Waals surface area contributed by atoms with Gasteiger partial charge in [0.25, 0.3) is 0 Å². The van der Waals surface area contributed by atoms with E-state index in [1.54, 1.807) is 17.0 Å². The number of nitrogens with zero attached hydrogens (tertiary/aromatic N) is 1. The minimum atomic E-state index is -0.336. The summed E-state index contributed by atoms with van der Waals surface area (Å²) in [5.74, 6) is 0.267. The first kappa shape index (κ1) is 17.8. The molecule has 0 unspecified atom stereocenters. The summed E-state index contributed by atoms with van der Waals surface area (Å²) in [5, 5.41) is 2.84. The second-order valence-corrected chi connectivity index (χ2v) is 8.93. The monoisotopic (exact) mass is 384 g/mol. The predicted molar refractivity (Wildman–Crippen MR) is 100 cm³/mol. The predicted octanol–water partition coefficient (Wildman–Crippen LogP) is 3.35. The normalized spacial score (nSPS) is 36.7. The third-order valence-electron chi connectivity index (χ3n) is 7.51. The molecule has 4 fully saturated rings. The van der Waals surface area contributed by atoms with E-state index >= 15 is 0 Å². The Labute approximate surface area is 163 Å². The van der Waals surface area contributed by atoms with Crippen LogP contribution in [0.5, 0.6) is 0 Å². The van der Waals surface area contributed by atoms with Gasteiger partial charge < -0.3 is 5.32 Å². The molecule has 1 heterocycles. The number of nitrogens with one attached hydrogen (secondary N) is 1. The molecule has 5 rings (SSSR count). The van der Waals surface area contributed by atoms with Crippen LogP contribution in [0.15, 0.2) is 24.3 Å². The van der Waals surface area contributed by atoms with Crippen molar-refractivity contribution in [2.45, 2.75) is 51.0 Å². The first-order valence-electron chi connectivity index (χ1n) is 10.5. The summed E-state index contributed by atoms with van der Waals surface area (Å²) < 4.78 is 13.0. The van der Waals surface area contributed by atoms with Gasteiger partial charge in [0, 0.05) is 17.6 Å². The average Bonchev–Trinajstić information content (AvgIpc) is 3.38. The number of hydrogen-bond donors (Lipinski definition) is 1. The van der Waals surface area contributed by atoms with E-state index in [2.05, 4.69) is 5.32 Å². The first-order chi connectivity index (χ1) is 13.5. The largest absolute Gasteiger partial charge is 0.326 e. The number of imide groups is 1. The highest BCUT2D eigenvalue weighted by Crippen LogP contribution is 2.56. The van der Waals surface area contributed by atoms with E-state index in [0.29, 0.717) is 43.2 Å². The number of likely N-dealkylation sites (tertiary alicyclic amines) is 1. The smallest absolute Gasteiger partial charge is 0.233 e. The number of carbonyl (C=O) groups excluding carboxylic acids is 3. The number of carbonyl (C=O) groups is 3. The molecule has 0 aromatic heterocycles. The maximum atomic E-state index is 13.0. The Bertz CT molecular complexity index is 788. The van der Waals surface area contributed by atoms with Gasteiger partial charge in [-0.2, -0.15) is 0 Å². The minimum absolute atomic E-state index is 0.0557. The van der Waals surface area contributed by atoms with Crippen LogP contribution in [0.25, 0.3) is 0 Å². The van der Waals surface area contributed by atoms with Gasteiger partial charge in [0.1, 0.15) is 5.82 Å². The summed E-state index contributed by atoms with van der Waals surface area (Å²) >= 11 is 0. The van der Waals surface area contributed by atoms with Crippen LogP contribution in [0.1, 0.15) is 44.9 Å². The van der Waals surface area contributed by atoms with Crippen LogP contribution >= 0.6 is 0 Å². The number of anilines is 1. The Hall–Kier alpha value is -2.24. The lowest BCUT2D eigenvalue weighted by Gasteiger charge is -2.33. The first-order valence-corrected chi connectivity index (χ1v) is 10.5. The number of halogens is 1. The minimum Gasteiger partial charge on any atom is -0.326 e. The molecule has 1 saturated heterocycles. The van der Waals surface area contributed by atoms with Gasteiger partial charge in [-0.3, -0.25) is 19.3 Å². The van der Waals surface area contributed by atoms with Gasteiger partial charge in [0.2, 0.25) is 17.7 Å². The molecule has 1 aliphatic heterocycles. The van der Waals surface area contributed by atoms with Gasteiger partial charge in [-0.05, 0) is 81.0 Å². The average molecular weight is 384 g/mol. The van der Waals surface area contributed by atoms with Crippen molar-refractivity contribution < 1.29 is 18.8 Å². The van der Waals surface area contributed by atoms with E-state index in [1.165, 1.54) is 12.1 Å². The van der Waals surface area contributed by atoms with Crippen molar-refractivity contribution in [2.75, 3.05) is 5.32 Å². The molecule has 0 radical (unpaired) electrons. The fourth-order valence-corrected chi connectivity index (χ4v) is 6.17. The fourth-order valence-electron chi connectivity index (χ4n) is 6.17. The van der Waals surface area contributed by atoms with Crippen LogP contribution in [0, 0.1) is 35.4 Å². The van der Waals surface area contributed by atoms with Gasteiger partial charge in [-0.15, -0.1) is 0 Å². The third kappa shape index (κ3) is 2.76. The van der Waals surface area contributed by atoms with Crippen LogP contribution in [0.2, 0.25) is 0 Å². The zero-order valence-corrected chi connectivity index (χ0v) is 15.8. The molecule has 3 aliphatic carbocycles. The van der Waals surface area contributed by atoms with E-state index < -0.39 is 0 Å². The molecule has 6 heteroatoms. The number of amides is 3. The van der Waals surface area contributed by atoms with E-state index in [0.717, 1.165) is 19.3 Å². The molecule has 3 amide bonds. The van der Waals surface area contributed by atoms with Crippen molar-refractivity contribution >= 4 is 23.4 Å². The van der Waals surface area contributed by atoms with Crippen LogP contribution in [-0.4, -0.2) is 28.7 Å². The maximum Gasteiger partial charge on any atom is 0.233 e. The second kappa shape index (κ2) is 6.68. The number of benzene rings is 1. The Morgan fingerprint density at radius 3 is 2.04 bits per heavy atom. The molecule has 4 atom stereocenters.